The number of rotatable bonds is 10. The van der Waals surface area contributed by atoms with Crippen LogP contribution in [0.2, 0.25) is 0 Å². The van der Waals surface area contributed by atoms with Gasteiger partial charge in [0.1, 0.15) is 5.76 Å². The van der Waals surface area contributed by atoms with Crippen molar-refractivity contribution in [3.8, 4) is 0 Å². The fourth-order valence-corrected chi connectivity index (χ4v) is 2.59. The molecule has 2 atom stereocenters. The van der Waals surface area contributed by atoms with Crippen LogP contribution in [0.3, 0.4) is 0 Å². The molecule has 0 saturated carbocycles. The Balaban J connectivity index is 1.95. The first-order valence-corrected chi connectivity index (χ1v) is 7.87. The first-order chi connectivity index (χ1) is 10.3. The minimum Gasteiger partial charge on any atom is -0.472 e. The third-order valence-corrected chi connectivity index (χ3v) is 3.67. The fourth-order valence-electron chi connectivity index (χ4n) is 2.59. The Morgan fingerprint density at radius 3 is 2.52 bits per heavy atom. The van der Waals surface area contributed by atoms with Crippen LogP contribution in [-0.4, -0.2) is 13.1 Å². The molecule has 0 spiro atoms. The third-order valence-electron chi connectivity index (χ3n) is 3.67. The van der Waals surface area contributed by atoms with Gasteiger partial charge in [-0.15, -0.1) is 0 Å². The van der Waals surface area contributed by atoms with Crippen LogP contribution in [0.25, 0.3) is 0 Å². The topological polar surface area (TPSA) is 50.3 Å². The summed E-state index contributed by atoms with van der Waals surface area (Å²) in [6.07, 6.45) is 8.50. The maximum Gasteiger partial charge on any atom is 0.120 e. The lowest BCUT2D eigenvalue weighted by Gasteiger charge is -2.21. The lowest BCUT2D eigenvalue weighted by atomic mass is 10.00. The van der Waals surface area contributed by atoms with Gasteiger partial charge < -0.3 is 19.5 Å². The van der Waals surface area contributed by atoms with Gasteiger partial charge in [-0.2, -0.15) is 0 Å². The SMILES string of the molecule is CCCNC(CCC(NCC)c1ccco1)c1ccoc1. The average Bonchev–Trinajstić information content (AvgIpc) is 3.19. The van der Waals surface area contributed by atoms with Crippen molar-refractivity contribution in [3.63, 3.8) is 0 Å². The van der Waals surface area contributed by atoms with Crippen molar-refractivity contribution in [2.24, 2.45) is 0 Å². The minimum absolute atomic E-state index is 0.267. The van der Waals surface area contributed by atoms with Crippen LogP contribution in [0.15, 0.2) is 45.8 Å². The van der Waals surface area contributed by atoms with E-state index in [4.69, 9.17) is 8.83 Å². The van der Waals surface area contributed by atoms with Gasteiger partial charge in [0.15, 0.2) is 0 Å². The van der Waals surface area contributed by atoms with Gasteiger partial charge in [0.2, 0.25) is 0 Å². The summed E-state index contributed by atoms with van der Waals surface area (Å²) in [6.45, 7) is 6.26. The molecule has 2 unspecified atom stereocenters. The predicted octanol–water partition coefficient (Wildman–Crippen LogP) is 4.04. The Labute approximate surface area is 126 Å². The Hall–Kier alpha value is -1.52. The number of hydrogen-bond acceptors (Lipinski definition) is 4. The van der Waals surface area contributed by atoms with Gasteiger partial charge >= 0.3 is 0 Å². The van der Waals surface area contributed by atoms with Crippen LogP contribution in [0.1, 0.15) is 56.5 Å². The smallest absolute Gasteiger partial charge is 0.120 e. The first kappa shape index (κ1) is 15.9. The lowest BCUT2D eigenvalue weighted by molar-refractivity contribution is 0.369. The van der Waals surface area contributed by atoms with E-state index in [0.717, 1.165) is 38.1 Å². The molecule has 0 aromatic carbocycles. The Kier molecular flexibility index (Phi) is 6.57. The van der Waals surface area contributed by atoms with Crippen molar-refractivity contribution in [1.29, 1.82) is 0 Å². The second-order valence-electron chi connectivity index (χ2n) is 5.27. The largest absolute Gasteiger partial charge is 0.472 e. The summed E-state index contributed by atoms with van der Waals surface area (Å²) in [7, 11) is 0. The van der Waals surface area contributed by atoms with Gasteiger partial charge in [-0.25, -0.2) is 0 Å². The van der Waals surface area contributed by atoms with Crippen LogP contribution in [-0.2, 0) is 0 Å². The second kappa shape index (κ2) is 8.70. The number of furan rings is 2. The molecule has 2 rings (SSSR count). The van der Waals surface area contributed by atoms with E-state index in [9.17, 15) is 0 Å². The molecule has 2 aromatic heterocycles. The van der Waals surface area contributed by atoms with Crippen LogP contribution in [0.4, 0.5) is 0 Å². The van der Waals surface area contributed by atoms with E-state index in [1.54, 1.807) is 12.5 Å². The van der Waals surface area contributed by atoms with E-state index in [1.165, 1.54) is 5.56 Å². The molecule has 4 nitrogen and oxygen atoms in total. The van der Waals surface area contributed by atoms with Crippen LogP contribution in [0.5, 0.6) is 0 Å². The van der Waals surface area contributed by atoms with Crippen LogP contribution < -0.4 is 10.6 Å². The van der Waals surface area contributed by atoms with Gasteiger partial charge in [0, 0.05) is 11.6 Å². The summed E-state index contributed by atoms with van der Waals surface area (Å²) >= 11 is 0. The average molecular weight is 290 g/mol. The molecular formula is C17H26N2O2. The van der Waals surface area contributed by atoms with Gasteiger partial charge in [-0.3, -0.25) is 0 Å². The standard InChI is InChI=1S/C17H26N2O2/c1-3-10-19-15(14-9-12-20-13-14)7-8-16(18-4-2)17-6-5-11-21-17/h5-6,9,11-13,15-16,18-19H,3-4,7-8,10H2,1-2H3. The molecule has 0 amide bonds. The maximum atomic E-state index is 5.55. The zero-order valence-corrected chi connectivity index (χ0v) is 13.0. The van der Waals surface area contributed by atoms with Gasteiger partial charge in [0.25, 0.3) is 0 Å². The fraction of sp³-hybridized carbons (Fsp3) is 0.529. The second-order valence-corrected chi connectivity index (χ2v) is 5.27. The van der Waals surface area contributed by atoms with Crippen LogP contribution >= 0.6 is 0 Å². The molecule has 0 bridgehead atoms. The summed E-state index contributed by atoms with van der Waals surface area (Å²) in [4.78, 5) is 0. The monoisotopic (exact) mass is 290 g/mol. The highest BCUT2D eigenvalue weighted by Crippen LogP contribution is 2.25. The molecule has 0 aliphatic carbocycles. The van der Waals surface area contributed by atoms with Gasteiger partial charge in [-0.1, -0.05) is 13.8 Å². The number of nitrogens with one attached hydrogen (secondary N) is 2. The summed E-state index contributed by atoms with van der Waals surface area (Å²) < 4.78 is 10.8. The zero-order chi connectivity index (χ0) is 14.9. The van der Waals surface area contributed by atoms with Crippen molar-refractivity contribution in [2.75, 3.05) is 13.1 Å². The lowest BCUT2D eigenvalue weighted by Crippen LogP contribution is -2.25. The Bertz CT molecular complexity index is 465. The highest BCUT2D eigenvalue weighted by atomic mass is 16.3. The van der Waals surface area contributed by atoms with Crippen molar-refractivity contribution in [2.45, 2.75) is 45.2 Å². The Morgan fingerprint density at radius 2 is 1.90 bits per heavy atom. The summed E-state index contributed by atoms with van der Waals surface area (Å²) in [5.41, 5.74) is 1.22. The number of hydrogen-bond donors (Lipinski definition) is 2. The third kappa shape index (κ3) is 4.76. The predicted molar refractivity (Wildman–Crippen MR) is 84.1 cm³/mol. The van der Waals surface area contributed by atoms with E-state index in [2.05, 4.69) is 24.5 Å². The van der Waals surface area contributed by atoms with E-state index in [-0.39, 0.29) is 6.04 Å². The van der Waals surface area contributed by atoms with E-state index < -0.39 is 0 Å². The van der Waals surface area contributed by atoms with Crippen molar-refractivity contribution >= 4 is 0 Å². The molecule has 4 heteroatoms. The molecular weight excluding hydrogens is 264 g/mol. The van der Waals surface area contributed by atoms with Gasteiger partial charge in [0.05, 0.1) is 24.8 Å². The Morgan fingerprint density at radius 1 is 1.05 bits per heavy atom. The van der Waals surface area contributed by atoms with E-state index in [1.807, 2.05) is 24.5 Å². The van der Waals surface area contributed by atoms with Crippen LogP contribution in [0, 0.1) is 0 Å². The molecule has 0 aliphatic rings. The molecule has 0 saturated heterocycles. The highest BCUT2D eigenvalue weighted by molar-refractivity contribution is 5.12. The van der Waals surface area contributed by atoms with Gasteiger partial charge in [-0.05, 0) is 50.6 Å². The molecule has 2 heterocycles. The summed E-state index contributed by atoms with van der Waals surface area (Å²) in [5.74, 6) is 1.01. The maximum absolute atomic E-state index is 5.55. The summed E-state index contributed by atoms with van der Waals surface area (Å²) in [6, 6.07) is 6.63. The van der Waals surface area contributed by atoms with E-state index in [0.29, 0.717) is 6.04 Å². The van der Waals surface area contributed by atoms with Crippen molar-refractivity contribution in [1.82, 2.24) is 10.6 Å². The quantitative estimate of drug-likeness (QED) is 0.693. The first-order valence-electron chi connectivity index (χ1n) is 7.87. The molecule has 0 radical (unpaired) electrons. The summed E-state index contributed by atoms with van der Waals surface area (Å²) in [5, 5.41) is 7.09. The zero-order valence-electron chi connectivity index (χ0n) is 13.0. The molecule has 2 aromatic rings. The molecule has 0 aliphatic heterocycles. The normalized spacial score (nSPS) is 14.2. The molecule has 116 valence electrons. The van der Waals surface area contributed by atoms with E-state index >= 15 is 0 Å². The molecule has 21 heavy (non-hydrogen) atoms. The van der Waals surface area contributed by atoms with Crippen molar-refractivity contribution in [3.05, 3.63) is 48.3 Å². The minimum atomic E-state index is 0.267. The van der Waals surface area contributed by atoms with Crippen molar-refractivity contribution < 1.29 is 8.83 Å². The highest BCUT2D eigenvalue weighted by Gasteiger charge is 2.18. The molecule has 0 fully saturated rings. The molecule has 2 N–H and O–H groups in total.